The van der Waals surface area contributed by atoms with Crippen LogP contribution in [0.15, 0.2) is 12.1 Å². The lowest BCUT2D eigenvalue weighted by molar-refractivity contribution is 0.408. The molecule has 0 atom stereocenters. The van der Waals surface area contributed by atoms with Crippen LogP contribution in [0.2, 0.25) is 0 Å². The van der Waals surface area contributed by atoms with Crippen molar-refractivity contribution in [1.29, 1.82) is 0 Å². The number of benzene rings is 1. The molecule has 0 fully saturated rings. The lowest BCUT2D eigenvalue weighted by atomic mass is 10.0. The maximum absolute atomic E-state index is 5.85. The summed E-state index contributed by atoms with van der Waals surface area (Å²) in [5.74, 6) is 1.91. The van der Waals surface area contributed by atoms with E-state index < -0.39 is 0 Å². The molecule has 0 aliphatic rings. The second-order valence-corrected chi connectivity index (χ2v) is 4.86. The fourth-order valence-electron chi connectivity index (χ4n) is 2.53. The molecule has 0 amide bonds. The van der Waals surface area contributed by atoms with Gasteiger partial charge in [-0.25, -0.2) is 4.98 Å². The van der Waals surface area contributed by atoms with Crippen LogP contribution in [0.1, 0.15) is 22.6 Å². The fourth-order valence-corrected chi connectivity index (χ4v) is 2.53. The maximum Gasteiger partial charge on any atom is 0.124 e. The third-order valence-electron chi connectivity index (χ3n) is 3.57. The summed E-state index contributed by atoms with van der Waals surface area (Å²) in [6.07, 6.45) is 0. The molecule has 2 aromatic rings. The van der Waals surface area contributed by atoms with E-state index in [1.807, 2.05) is 32.4 Å². The Labute approximate surface area is 114 Å². The molecular formula is C15H21N3O. The van der Waals surface area contributed by atoms with Crippen LogP contribution in [0.3, 0.4) is 0 Å². The Balaban J connectivity index is 2.63. The van der Waals surface area contributed by atoms with E-state index in [0.29, 0.717) is 6.54 Å². The Kier molecular flexibility index (Phi) is 3.62. The highest BCUT2D eigenvalue weighted by Gasteiger charge is 2.15. The second-order valence-electron chi connectivity index (χ2n) is 4.86. The quantitative estimate of drug-likeness (QED) is 0.921. The van der Waals surface area contributed by atoms with Gasteiger partial charge in [0.25, 0.3) is 0 Å². The summed E-state index contributed by atoms with van der Waals surface area (Å²) in [6.45, 7) is 6.57. The van der Waals surface area contributed by atoms with Crippen molar-refractivity contribution in [2.24, 2.45) is 12.8 Å². The van der Waals surface area contributed by atoms with Crippen molar-refractivity contribution in [1.82, 2.24) is 9.55 Å². The van der Waals surface area contributed by atoms with E-state index in [1.54, 1.807) is 7.11 Å². The van der Waals surface area contributed by atoms with Crippen molar-refractivity contribution in [2.45, 2.75) is 27.3 Å². The molecule has 102 valence electrons. The highest BCUT2D eigenvalue weighted by molar-refractivity contribution is 5.66. The number of nitrogens with two attached hydrogens (primary N) is 1. The summed E-state index contributed by atoms with van der Waals surface area (Å²) >= 11 is 0. The van der Waals surface area contributed by atoms with Gasteiger partial charge in [-0.05, 0) is 44.0 Å². The Morgan fingerprint density at radius 2 is 1.79 bits per heavy atom. The summed E-state index contributed by atoms with van der Waals surface area (Å²) in [4.78, 5) is 4.63. The van der Waals surface area contributed by atoms with Gasteiger partial charge < -0.3 is 15.0 Å². The topological polar surface area (TPSA) is 53.1 Å². The van der Waals surface area contributed by atoms with Gasteiger partial charge in [0.15, 0.2) is 0 Å². The number of rotatable bonds is 3. The Hall–Kier alpha value is -1.81. The van der Waals surface area contributed by atoms with Crippen LogP contribution in [0, 0.1) is 20.8 Å². The molecule has 19 heavy (non-hydrogen) atoms. The van der Waals surface area contributed by atoms with Crippen LogP contribution < -0.4 is 10.5 Å². The van der Waals surface area contributed by atoms with Crippen molar-refractivity contribution in [2.75, 3.05) is 7.11 Å². The molecule has 0 radical (unpaired) electrons. The monoisotopic (exact) mass is 259 g/mol. The zero-order chi connectivity index (χ0) is 14.2. The second kappa shape index (κ2) is 5.05. The molecule has 2 rings (SSSR count). The predicted molar refractivity (Wildman–Crippen MR) is 77.3 cm³/mol. The van der Waals surface area contributed by atoms with Crippen molar-refractivity contribution in [3.63, 3.8) is 0 Å². The molecule has 1 aromatic carbocycles. The van der Waals surface area contributed by atoms with E-state index in [4.69, 9.17) is 10.5 Å². The maximum atomic E-state index is 5.85. The summed E-state index contributed by atoms with van der Waals surface area (Å²) in [5, 5.41) is 0. The van der Waals surface area contributed by atoms with Gasteiger partial charge in [0.2, 0.25) is 0 Å². The van der Waals surface area contributed by atoms with Gasteiger partial charge in [0, 0.05) is 19.2 Å². The first kappa shape index (κ1) is 13.6. The van der Waals surface area contributed by atoms with E-state index in [1.165, 1.54) is 0 Å². The molecule has 0 aliphatic heterocycles. The first-order valence-corrected chi connectivity index (χ1v) is 6.37. The molecule has 4 heteroatoms. The zero-order valence-corrected chi connectivity index (χ0v) is 12.2. The van der Waals surface area contributed by atoms with E-state index in [2.05, 4.69) is 17.1 Å². The summed E-state index contributed by atoms with van der Waals surface area (Å²) < 4.78 is 7.45. The van der Waals surface area contributed by atoms with Crippen LogP contribution in [0.4, 0.5) is 0 Å². The largest absolute Gasteiger partial charge is 0.496 e. The molecule has 0 saturated carbocycles. The van der Waals surface area contributed by atoms with Crippen LogP contribution in [-0.2, 0) is 13.6 Å². The molecule has 0 unspecified atom stereocenters. The number of ether oxygens (including phenoxy) is 1. The molecule has 0 saturated heterocycles. The number of aromatic nitrogens is 2. The van der Waals surface area contributed by atoms with Crippen molar-refractivity contribution in [3.05, 3.63) is 34.8 Å². The number of hydrogen-bond acceptors (Lipinski definition) is 3. The normalized spacial score (nSPS) is 10.8. The fraction of sp³-hybridized carbons (Fsp3) is 0.400. The minimum absolute atomic E-state index is 0.483. The minimum atomic E-state index is 0.483. The van der Waals surface area contributed by atoms with E-state index in [-0.39, 0.29) is 0 Å². The SMILES string of the molecule is COc1c(C)cc(-c2nc(C)n(C)c2CN)cc1C. The Bertz CT molecular complexity index is 591. The average molecular weight is 259 g/mol. The summed E-state index contributed by atoms with van der Waals surface area (Å²) in [7, 11) is 3.70. The van der Waals surface area contributed by atoms with Gasteiger partial charge >= 0.3 is 0 Å². The van der Waals surface area contributed by atoms with Crippen LogP contribution >= 0.6 is 0 Å². The standard InChI is InChI=1S/C15H21N3O/c1-9-6-12(7-10(2)15(9)19-5)14-13(8-16)18(4)11(3)17-14/h6-7H,8,16H2,1-5H3. The van der Waals surface area contributed by atoms with E-state index in [0.717, 1.165) is 39.7 Å². The number of nitrogens with zero attached hydrogens (tertiary/aromatic N) is 2. The van der Waals surface area contributed by atoms with Gasteiger partial charge in [-0.15, -0.1) is 0 Å². The van der Waals surface area contributed by atoms with Crippen LogP contribution in [0.25, 0.3) is 11.3 Å². The number of imidazole rings is 1. The highest BCUT2D eigenvalue weighted by Crippen LogP contribution is 2.31. The van der Waals surface area contributed by atoms with Gasteiger partial charge in [-0.2, -0.15) is 0 Å². The molecule has 1 aromatic heterocycles. The van der Waals surface area contributed by atoms with Gasteiger partial charge in [-0.3, -0.25) is 0 Å². The molecule has 1 heterocycles. The summed E-state index contributed by atoms with van der Waals surface area (Å²) in [5.41, 5.74) is 11.2. The number of aryl methyl sites for hydroxylation is 3. The predicted octanol–water partition coefficient (Wildman–Crippen LogP) is 2.48. The Morgan fingerprint density at radius 3 is 2.26 bits per heavy atom. The van der Waals surface area contributed by atoms with Crippen molar-refractivity contribution in [3.8, 4) is 17.0 Å². The molecule has 2 N–H and O–H groups in total. The first-order chi connectivity index (χ1) is 8.99. The van der Waals surface area contributed by atoms with Crippen molar-refractivity contribution >= 4 is 0 Å². The lowest BCUT2D eigenvalue weighted by Gasteiger charge is -2.11. The molecule has 4 nitrogen and oxygen atoms in total. The first-order valence-electron chi connectivity index (χ1n) is 6.37. The highest BCUT2D eigenvalue weighted by atomic mass is 16.5. The molecule has 0 aliphatic carbocycles. The third-order valence-corrected chi connectivity index (χ3v) is 3.57. The molecule has 0 spiro atoms. The van der Waals surface area contributed by atoms with Crippen LogP contribution in [0.5, 0.6) is 5.75 Å². The number of hydrogen-bond donors (Lipinski definition) is 1. The average Bonchev–Trinajstić information content (AvgIpc) is 2.65. The summed E-state index contributed by atoms with van der Waals surface area (Å²) in [6, 6.07) is 4.21. The zero-order valence-electron chi connectivity index (χ0n) is 12.2. The number of methoxy groups -OCH3 is 1. The van der Waals surface area contributed by atoms with Gasteiger partial charge in [0.1, 0.15) is 11.6 Å². The van der Waals surface area contributed by atoms with E-state index >= 15 is 0 Å². The lowest BCUT2D eigenvalue weighted by Crippen LogP contribution is -2.05. The molecule has 0 bridgehead atoms. The Morgan fingerprint density at radius 1 is 1.21 bits per heavy atom. The molecular weight excluding hydrogens is 238 g/mol. The van der Waals surface area contributed by atoms with Crippen molar-refractivity contribution < 1.29 is 4.74 Å². The smallest absolute Gasteiger partial charge is 0.124 e. The third kappa shape index (κ3) is 2.24. The van der Waals surface area contributed by atoms with Gasteiger partial charge in [0.05, 0.1) is 18.5 Å². The minimum Gasteiger partial charge on any atom is -0.496 e. The van der Waals surface area contributed by atoms with Crippen LogP contribution in [-0.4, -0.2) is 16.7 Å². The van der Waals surface area contributed by atoms with E-state index in [9.17, 15) is 0 Å². The van der Waals surface area contributed by atoms with Gasteiger partial charge in [-0.1, -0.05) is 0 Å².